The first-order valence-corrected chi connectivity index (χ1v) is 13.1. The molecule has 2 aromatic carbocycles. The van der Waals surface area contributed by atoms with Crippen molar-refractivity contribution >= 4 is 46.8 Å². The third kappa shape index (κ3) is 6.56. The molecule has 0 fully saturated rings. The third-order valence-corrected chi connectivity index (χ3v) is 7.20. The summed E-state index contributed by atoms with van der Waals surface area (Å²) in [5.41, 5.74) is 7.22. The highest BCUT2D eigenvalue weighted by Crippen LogP contribution is 2.36. The molecule has 1 heterocycles. The molecule has 4 nitrogen and oxygen atoms in total. The van der Waals surface area contributed by atoms with E-state index in [0.29, 0.717) is 6.04 Å². The first kappa shape index (κ1) is 26.1. The average molecular weight is 495 g/mol. The summed E-state index contributed by atoms with van der Waals surface area (Å²) in [6.45, 7) is 11.4. The van der Waals surface area contributed by atoms with Crippen molar-refractivity contribution in [2.24, 2.45) is 5.10 Å². The topological polar surface area (TPSA) is 39.7 Å². The van der Waals surface area contributed by atoms with Crippen LogP contribution in [0.25, 0.3) is 0 Å². The minimum absolute atomic E-state index is 0.296. The molecule has 0 aromatic heterocycles. The zero-order chi connectivity index (χ0) is 24.5. The molecular weight excluding hydrogens is 460 g/mol. The summed E-state index contributed by atoms with van der Waals surface area (Å²) in [5, 5.41) is 11.0. The minimum atomic E-state index is 0.296. The van der Waals surface area contributed by atoms with Gasteiger partial charge in [-0.1, -0.05) is 55.3 Å². The van der Waals surface area contributed by atoms with Gasteiger partial charge in [0.25, 0.3) is 0 Å². The van der Waals surface area contributed by atoms with Gasteiger partial charge < -0.3 is 5.32 Å². The Morgan fingerprint density at radius 2 is 1.85 bits per heavy atom. The number of nitrogens with zero attached hydrogens (tertiary/aromatic N) is 2. The number of hydrogen-bond donors (Lipinski definition) is 2. The Bertz CT molecular complexity index is 1090. The van der Waals surface area contributed by atoms with Crippen LogP contribution < -0.4 is 15.0 Å². The molecule has 1 aliphatic heterocycles. The fraction of sp³-hybridized carbons (Fsp3) is 0.321. The number of rotatable bonds is 7. The van der Waals surface area contributed by atoms with Gasteiger partial charge in [0.05, 0.1) is 11.4 Å². The fourth-order valence-electron chi connectivity index (χ4n) is 3.81. The van der Waals surface area contributed by atoms with E-state index in [4.69, 9.17) is 11.6 Å². The lowest BCUT2D eigenvalue weighted by Crippen LogP contribution is -2.28. The Kier molecular flexibility index (Phi) is 9.87. The lowest BCUT2D eigenvalue weighted by Gasteiger charge is -2.27. The second-order valence-corrected chi connectivity index (χ2v) is 9.47. The van der Waals surface area contributed by atoms with Crippen molar-refractivity contribution in [3.63, 3.8) is 0 Å². The summed E-state index contributed by atoms with van der Waals surface area (Å²) in [6.07, 6.45) is 10.3. The fourth-order valence-corrected chi connectivity index (χ4v) is 4.83. The average Bonchev–Trinajstić information content (AvgIpc) is 3.02. The van der Waals surface area contributed by atoms with Crippen LogP contribution in [-0.2, 0) is 6.42 Å². The molecule has 4 rings (SSSR count). The number of nitrogens with one attached hydrogen (secondary N) is 2. The largest absolute Gasteiger partial charge is 0.383 e. The molecule has 1 unspecified atom stereocenters. The molecule has 2 N–H and O–H groups in total. The Labute approximate surface area is 214 Å². The van der Waals surface area contributed by atoms with E-state index in [-0.39, 0.29) is 0 Å². The Balaban J connectivity index is 0.00000158. The normalized spacial score (nSPS) is 15.7. The lowest BCUT2D eigenvalue weighted by molar-refractivity contribution is 0.727. The molecule has 2 aromatic rings. The number of allylic oxidation sites excluding steroid dienone is 5. The number of anilines is 3. The summed E-state index contributed by atoms with van der Waals surface area (Å²) in [4.78, 5) is 1.34. The van der Waals surface area contributed by atoms with Crippen LogP contribution in [0.15, 0.2) is 81.8 Å². The number of hydrazone groups is 1. The van der Waals surface area contributed by atoms with Crippen molar-refractivity contribution in [2.75, 3.05) is 16.9 Å². The third-order valence-electron chi connectivity index (χ3n) is 5.56. The molecular formula is C28H35ClN4S. The van der Waals surface area contributed by atoms with Crippen molar-refractivity contribution in [1.29, 1.82) is 0 Å². The van der Waals surface area contributed by atoms with E-state index in [0.717, 1.165) is 41.5 Å². The maximum Gasteiger partial charge on any atom is 0.0708 e. The van der Waals surface area contributed by atoms with Gasteiger partial charge in [0, 0.05) is 46.4 Å². The number of hydrogen-bond acceptors (Lipinski definition) is 5. The lowest BCUT2D eigenvalue weighted by atomic mass is 10.0. The molecule has 180 valence electrons. The van der Waals surface area contributed by atoms with Gasteiger partial charge in [0.15, 0.2) is 0 Å². The molecule has 0 saturated carbocycles. The van der Waals surface area contributed by atoms with Crippen LogP contribution in [0.2, 0.25) is 5.02 Å². The quantitative estimate of drug-likeness (QED) is 0.380. The summed E-state index contributed by atoms with van der Waals surface area (Å²) < 4.78 is 3.61. The highest BCUT2D eigenvalue weighted by Gasteiger charge is 2.19. The molecule has 6 heteroatoms. The van der Waals surface area contributed by atoms with Gasteiger partial charge in [-0.15, -0.1) is 0 Å². The maximum absolute atomic E-state index is 6.06. The monoisotopic (exact) mass is 494 g/mol. The standard InChI is InChI=1S/C26H29ClN4S.C2H6/c1-18-7-4-5-8-19(2)26(18)32-30-20(3)17-28-24-9-6-10-25-23(24)15-16-29-31(25)22-13-11-21(27)12-14-22;1-2/h4-7,9-14,16,20,28,30H,8,15,17H2,1-3H3;1-2H3. The van der Waals surface area contributed by atoms with Crippen LogP contribution in [0.1, 0.15) is 46.6 Å². The van der Waals surface area contributed by atoms with Crippen LogP contribution in [0.3, 0.4) is 0 Å². The van der Waals surface area contributed by atoms with Crippen LogP contribution in [0, 0.1) is 0 Å². The van der Waals surface area contributed by atoms with Crippen molar-refractivity contribution in [3.05, 3.63) is 87.3 Å². The zero-order valence-corrected chi connectivity index (χ0v) is 22.3. The SMILES string of the molecule is CC.CC1=CC=CCC(C)=C1SNC(C)CNc1cccc2c1CC=NN2c1ccc(Cl)cc1. The van der Waals surface area contributed by atoms with Gasteiger partial charge in [-0.3, -0.25) is 4.72 Å². The summed E-state index contributed by atoms with van der Waals surface area (Å²) in [5.74, 6) is 0. The van der Waals surface area contributed by atoms with Gasteiger partial charge in [-0.2, -0.15) is 5.10 Å². The molecule has 2 aliphatic rings. The minimum Gasteiger partial charge on any atom is -0.383 e. The van der Waals surface area contributed by atoms with Crippen LogP contribution in [0.5, 0.6) is 0 Å². The highest BCUT2D eigenvalue weighted by molar-refractivity contribution is 8.01. The molecule has 34 heavy (non-hydrogen) atoms. The predicted octanol–water partition coefficient (Wildman–Crippen LogP) is 8.26. The molecule has 0 spiro atoms. The van der Waals surface area contributed by atoms with E-state index in [1.54, 1.807) is 11.9 Å². The van der Waals surface area contributed by atoms with Crippen LogP contribution >= 0.6 is 23.5 Å². The smallest absolute Gasteiger partial charge is 0.0708 e. The molecule has 0 saturated heterocycles. The number of fused-ring (bicyclic) bond motifs is 1. The van der Waals surface area contributed by atoms with E-state index in [9.17, 15) is 0 Å². The Morgan fingerprint density at radius 3 is 2.62 bits per heavy atom. The summed E-state index contributed by atoms with van der Waals surface area (Å²) in [6, 6.07) is 14.4. The summed E-state index contributed by atoms with van der Waals surface area (Å²) >= 11 is 7.80. The van der Waals surface area contributed by atoms with Gasteiger partial charge in [0.1, 0.15) is 0 Å². The molecule has 1 aliphatic carbocycles. The first-order chi connectivity index (χ1) is 16.5. The van der Waals surface area contributed by atoms with Crippen molar-refractivity contribution in [3.8, 4) is 0 Å². The van der Waals surface area contributed by atoms with E-state index in [2.05, 4.69) is 72.3 Å². The second kappa shape index (κ2) is 12.8. The van der Waals surface area contributed by atoms with Crippen molar-refractivity contribution < 1.29 is 0 Å². The molecule has 0 radical (unpaired) electrons. The van der Waals surface area contributed by atoms with Gasteiger partial charge >= 0.3 is 0 Å². The van der Waals surface area contributed by atoms with E-state index in [1.165, 1.54) is 21.6 Å². The maximum atomic E-state index is 6.06. The second-order valence-electron chi connectivity index (χ2n) is 8.19. The molecule has 0 bridgehead atoms. The predicted molar refractivity (Wildman–Crippen MR) is 152 cm³/mol. The van der Waals surface area contributed by atoms with E-state index >= 15 is 0 Å². The van der Waals surface area contributed by atoms with Gasteiger partial charge in [-0.25, -0.2) is 5.01 Å². The van der Waals surface area contributed by atoms with Gasteiger partial charge in [0.2, 0.25) is 0 Å². The zero-order valence-electron chi connectivity index (χ0n) is 20.7. The Morgan fingerprint density at radius 1 is 1.09 bits per heavy atom. The number of benzene rings is 2. The van der Waals surface area contributed by atoms with E-state index < -0.39 is 0 Å². The van der Waals surface area contributed by atoms with Crippen LogP contribution in [0.4, 0.5) is 17.1 Å². The summed E-state index contributed by atoms with van der Waals surface area (Å²) in [7, 11) is 0. The van der Waals surface area contributed by atoms with Gasteiger partial charge in [-0.05, 0) is 81.1 Å². The highest BCUT2D eigenvalue weighted by atomic mass is 35.5. The van der Waals surface area contributed by atoms with Crippen molar-refractivity contribution in [2.45, 2.75) is 53.5 Å². The van der Waals surface area contributed by atoms with E-state index in [1.807, 2.05) is 49.3 Å². The van der Waals surface area contributed by atoms with Crippen molar-refractivity contribution in [1.82, 2.24) is 4.72 Å². The molecule has 1 atom stereocenters. The first-order valence-electron chi connectivity index (χ1n) is 11.9. The Hall–Kier alpha value is -2.47. The number of halogens is 1. The molecule has 0 amide bonds. The van der Waals surface area contributed by atoms with Crippen LogP contribution in [-0.4, -0.2) is 18.8 Å².